The standard InChI is InChI=1S/C17H7NO8/c19-10-4-5-11(20)24-15-14-8(2-1-3-9(14)23-10)18-17-16(15)25-12(21)6-7-13(22)26-17/h1-7H/b5-4-,7-6-. The van der Waals surface area contributed by atoms with Crippen LogP contribution < -0.4 is 18.9 Å². The molecule has 0 bridgehead atoms. The normalized spacial score (nSPS) is 18.6. The first-order valence-corrected chi connectivity index (χ1v) is 7.21. The van der Waals surface area contributed by atoms with Gasteiger partial charge in [0, 0.05) is 24.3 Å². The van der Waals surface area contributed by atoms with Crippen LogP contribution in [-0.4, -0.2) is 28.9 Å². The summed E-state index contributed by atoms with van der Waals surface area (Å²) in [5.74, 6) is -4.48. The van der Waals surface area contributed by atoms with Crippen molar-refractivity contribution in [2.75, 3.05) is 0 Å². The average Bonchev–Trinajstić information content (AvgIpc) is 2.65. The molecule has 0 fully saturated rings. The summed E-state index contributed by atoms with van der Waals surface area (Å²) in [6.07, 6.45) is 3.46. The Morgan fingerprint density at radius 2 is 1.23 bits per heavy atom. The van der Waals surface area contributed by atoms with Crippen molar-refractivity contribution >= 4 is 34.8 Å². The monoisotopic (exact) mass is 353 g/mol. The van der Waals surface area contributed by atoms with Gasteiger partial charge in [0.15, 0.2) is 5.75 Å². The Labute approximate surface area is 144 Å². The highest BCUT2D eigenvalue weighted by molar-refractivity contribution is 6.03. The molecule has 0 unspecified atom stereocenters. The van der Waals surface area contributed by atoms with E-state index in [0.29, 0.717) is 0 Å². The Kier molecular flexibility index (Phi) is 3.47. The summed E-state index contributed by atoms with van der Waals surface area (Å²) in [6, 6.07) is 4.50. The molecule has 1 aromatic carbocycles. The summed E-state index contributed by atoms with van der Waals surface area (Å²) in [5, 5.41) is 0.102. The van der Waals surface area contributed by atoms with Gasteiger partial charge in [-0.2, -0.15) is 0 Å². The summed E-state index contributed by atoms with van der Waals surface area (Å²) in [5.41, 5.74) is 0.187. The third-order valence-electron chi connectivity index (χ3n) is 3.38. The molecule has 1 aromatic heterocycles. The van der Waals surface area contributed by atoms with E-state index in [2.05, 4.69) is 4.98 Å². The van der Waals surface area contributed by atoms with Crippen molar-refractivity contribution < 1.29 is 38.1 Å². The van der Waals surface area contributed by atoms with E-state index in [4.69, 9.17) is 18.9 Å². The van der Waals surface area contributed by atoms with Crippen molar-refractivity contribution in [3.8, 4) is 23.1 Å². The second kappa shape index (κ2) is 5.81. The van der Waals surface area contributed by atoms with Gasteiger partial charge in [0.05, 0.1) is 10.9 Å². The van der Waals surface area contributed by atoms with E-state index in [1.165, 1.54) is 18.2 Å². The third-order valence-corrected chi connectivity index (χ3v) is 3.38. The minimum atomic E-state index is -0.923. The molecule has 128 valence electrons. The third kappa shape index (κ3) is 2.67. The number of pyridine rings is 1. The number of carbonyl (C=O) groups is 4. The van der Waals surface area contributed by atoms with Crippen molar-refractivity contribution in [2.24, 2.45) is 0 Å². The summed E-state index contributed by atoms with van der Waals surface area (Å²) in [4.78, 5) is 51.4. The molecule has 0 atom stereocenters. The number of carbonyl (C=O) groups excluding carboxylic acids is 4. The lowest BCUT2D eigenvalue weighted by Gasteiger charge is -2.16. The number of fused-ring (bicyclic) bond motifs is 2. The summed E-state index contributed by atoms with van der Waals surface area (Å²) < 4.78 is 20.5. The number of hydrogen-bond donors (Lipinski definition) is 0. The van der Waals surface area contributed by atoms with Gasteiger partial charge in [-0.05, 0) is 12.1 Å². The van der Waals surface area contributed by atoms with Gasteiger partial charge < -0.3 is 18.9 Å². The van der Waals surface area contributed by atoms with Crippen LogP contribution >= 0.6 is 0 Å². The first-order chi connectivity index (χ1) is 12.5. The molecule has 9 heteroatoms. The lowest BCUT2D eigenvalue weighted by Crippen LogP contribution is -2.16. The number of ether oxygens (including phenoxy) is 4. The number of rotatable bonds is 0. The molecular formula is C17H7NO8. The van der Waals surface area contributed by atoms with Gasteiger partial charge in [0.1, 0.15) is 5.75 Å². The van der Waals surface area contributed by atoms with Crippen molar-refractivity contribution in [2.45, 2.75) is 0 Å². The van der Waals surface area contributed by atoms with Gasteiger partial charge in [0.2, 0.25) is 5.75 Å². The highest BCUT2D eigenvalue weighted by Gasteiger charge is 2.28. The maximum atomic E-state index is 12.0. The predicted molar refractivity (Wildman–Crippen MR) is 82.6 cm³/mol. The lowest BCUT2D eigenvalue weighted by molar-refractivity contribution is -0.134. The second-order valence-electron chi connectivity index (χ2n) is 5.08. The van der Waals surface area contributed by atoms with Crippen LogP contribution in [0.15, 0.2) is 42.5 Å². The SMILES string of the molecule is O=C1/C=C\C(=O)Oc2c(nc3cccc4c3c2OC(=O)/C=C\C(=O)O4)O1. The number of esters is 4. The molecule has 0 saturated carbocycles. The van der Waals surface area contributed by atoms with Gasteiger partial charge >= 0.3 is 23.9 Å². The Balaban J connectivity index is 2.06. The summed E-state index contributed by atoms with van der Waals surface area (Å²) in [7, 11) is 0. The zero-order chi connectivity index (χ0) is 18.3. The number of aromatic nitrogens is 1. The van der Waals surface area contributed by atoms with Gasteiger partial charge in [-0.1, -0.05) is 6.07 Å². The Morgan fingerprint density at radius 3 is 1.92 bits per heavy atom. The van der Waals surface area contributed by atoms with Crippen LogP contribution in [0.5, 0.6) is 23.1 Å². The zero-order valence-electron chi connectivity index (χ0n) is 12.8. The Morgan fingerprint density at radius 1 is 0.654 bits per heavy atom. The van der Waals surface area contributed by atoms with Gasteiger partial charge in [0.25, 0.3) is 5.88 Å². The van der Waals surface area contributed by atoms with Crippen molar-refractivity contribution in [1.82, 2.24) is 4.98 Å². The molecular weight excluding hydrogens is 346 g/mol. The molecule has 2 aliphatic heterocycles. The first kappa shape index (κ1) is 15.5. The fraction of sp³-hybridized carbons (Fsp3) is 0. The molecule has 26 heavy (non-hydrogen) atoms. The molecule has 0 radical (unpaired) electrons. The van der Waals surface area contributed by atoms with E-state index in [-0.39, 0.29) is 34.0 Å². The zero-order valence-corrected chi connectivity index (χ0v) is 12.8. The van der Waals surface area contributed by atoms with E-state index in [0.717, 1.165) is 24.3 Å². The maximum Gasteiger partial charge on any atom is 0.337 e. The summed E-state index contributed by atoms with van der Waals surface area (Å²) in [6.45, 7) is 0. The van der Waals surface area contributed by atoms with Crippen molar-refractivity contribution in [3.63, 3.8) is 0 Å². The van der Waals surface area contributed by atoms with Crippen LogP contribution in [-0.2, 0) is 19.2 Å². The van der Waals surface area contributed by atoms with Crippen LogP contribution in [0.1, 0.15) is 0 Å². The number of nitrogens with zero attached hydrogens (tertiary/aromatic N) is 1. The van der Waals surface area contributed by atoms with E-state index >= 15 is 0 Å². The van der Waals surface area contributed by atoms with Crippen LogP contribution in [0.3, 0.4) is 0 Å². The summed E-state index contributed by atoms with van der Waals surface area (Å²) >= 11 is 0. The van der Waals surface area contributed by atoms with Crippen LogP contribution in [0.2, 0.25) is 0 Å². The largest absolute Gasteiger partial charge is 0.422 e. The fourth-order valence-corrected chi connectivity index (χ4v) is 2.37. The van der Waals surface area contributed by atoms with Crippen LogP contribution in [0.25, 0.3) is 10.9 Å². The lowest BCUT2D eigenvalue weighted by atomic mass is 10.1. The Hall–Kier alpha value is -4.01. The molecule has 9 nitrogen and oxygen atoms in total. The highest BCUT2D eigenvalue weighted by Crippen LogP contribution is 2.46. The molecule has 0 N–H and O–H groups in total. The molecule has 2 aromatic rings. The van der Waals surface area contributed by atoms with E-state index in [9.17, 15) is 19.2 Å². The van der Waals surface area contributed by atoms with E-state index < -0.39 is 23.9 Å². The molecule has 2 aliphatic rings. The highest BCUT2D eigenvalue weighted by atomic mass is 16.6. The topological polar surface area (TPSA) is 118 Å². The minimum Gasteiger partial charge on any atom is -0.422 e. The molecule has 3 heterocycles. The molecule has 4 rings (SSSR count). The quantitative estimate of drug-likeness (QED) is 0.504. The van der Waals surface area contributed by atoms with E-state index in [1.54, 1.807) is 0 Å². The first-order valence-electron chi connectivity index (χ1n) is 7.21. The van der Waals surface area contributed by atoms with Gasteiger partial charge in [-0.25, -0.2) is 24.2 Å². The molecule has 0 saturated heterocycles. The molecule has 0 aliphatic carbocycles. The smallest absolute Gasteiger partial charge is 0.337 e. The Bertz CT molecular complexity index is 1070. The average molecular weight is 353 g/mol. The van der Waals surface area contributed by atoms with Crippen molar-refractivity contribution in [3.05, 3.63) is 42.5 Å². The number of benzene rings is 1. The van der Waals surface area contributed by atoms with E-state index in [1.807, 2.05) is 0 Å². The van der Waals surface area contributed by atoms with Gasteiger partial charge in [-0.15, -0.1) is 0 Å². The fourth-order valence-electron chi connectivity index (χ4n) is 2.37. The molecule has 0 amide bonds. The van der Waals surface area contributed by atoms with Crippen LogP contribution in [0.4, 0.5) is 0 Å². The van der Waals surface area contributed by atoms with Crippen LogP contribution in [0, 0.1) is 0 Å². The second-order valence-corrected chi connectivity index (χ2v) is 5.08. The maximum absolute atomic E-state index is 12.0. The minimum absolute atomic E-state index is 0.0251. The molecule has 0 spiro atoms. The number of hydrogen-bond acceptors (Lipinski definition) is 9. The predicted octanol–water partition coefficient (Wildman–Crippen LogP) is 0.996. The van der Waals surface area contributed by atoms with Gasteiger partial charge in [-0.3, -0.25) is 0 Å². The van der Waals surface area contributed by atoms with Crippen molar-refractivity contribution in [1.29, 1.82) is 0 Å².